The van der Waals surface area contributed by atoms with Gasteiger partial charge in [0.05, 0.1) is 21.7 Å². The minimum atomic E-state index is -3.65. The van der Waals surface area contributed by atoms with Crippen LogP contribution in [0.1, 0.15) is 20.3 Å². The minimum Gasteiger partial charge on any atom is -0.309 e. The Morgan fingerprint density at radius 2 is 1.86 bits per heavy atom. The van der Waals surface area contributed by atoms with Crippen LogP contribution >= 0.6 is 0 Å². The van der Waals surface area contributed by atoms with Crippen molar-refractivity contribution < 1.29 is 16.8 Å². The molecule has 0 bridgehead atoms. The Morgan fingerprint density at radius 1 is 1.24 bits per heavy atom. The third-order valence-electron chi connectivity index (χ3n) is 3.88. The summed E-state index contributed by atoms with van der Waals surface area (Å²) in [5.74, 6) is -0.424. The molecule has 1 aliphatic heterocycles. The van der Waals surface area contributed by atoms with Gasteiger partial charge in [-0.3, -0.25) is 0 Å². The van der Waals surface area contributed by atoms with Crippen LogP contribution in [0.4, 0.5) is 0 Å². The molecule has 0 saturated carbocycles. The molecule has 0 amide bonds. The minimum absolute atomic E-state index is 0.0803. The molecule has 0 aromatic heterocycles. The molecule has 1 aliphatic rings. The van der Waals surface area contributed by atoms with Gasteiger partial charge in [0.25, 0.3) is 0 Å². The van der Waals surface area contributed by atoms with Gasteiger partial charge in [-0.2, -0.15) is 0 Å². The summed E-state index contributed by atoms with van der Waals surface area (Å²) in [7, 11) is -6.99. The van der Waals surface area contributed by atoms with Gasteiger partial charge >= 0.3 is 0 Å². The SMILES string of the molecule is CCC(C)N[C@H]1CS(=O)(=O)C[C@@H]1S(=O)(=O)c1ccccc1. The molecule has 21 heavy (non-hydrogen) atoms. The van der Waals surface area contributed by atoms with Crippen molar-refractivity contribution >= 4 is 19.7 Å². The molecule has 0 radical (unpaired) electrons. The zero-order valence-electron chi connectivity index (χ0n) is 12.2. The average molecular weight is 331 g/mol. The van der Waals surface area contributed by atoms with Crippen LogP contribution in [-0.4, -0.2) is 45.7 Å². The predicted octanol–water partition coefficient (Wildman–Crippen LogP) is 1.01. The standard InChI is InChI=1S/C14H21NO4S2/c1-3-11(2)15-13-9-20(16,17)10-14(13)21(18,19)12-7-5-4-6-8-12/h4-8,11,13-15H,3,9-10H2,1-2H3/t11?,13-,14-/m0/s1. The Kier molecular flexibility index (Phi) is 4.75. The van der Waals surface area contributed by atoms with Gasteiger partial charge in [0.2, 0.25) is 0 Å². The number of sulfone groups is 2. The first kappa shape index (κ1) is 16.5. The van der Waals surface area contributed by atoms with Crippen molar-refractivity contribution in [2.24, 2.45) is 0 Å². The molecule has 1 heterocycles. The fraction of sp³-hybridized carbons (Fsp3) is 0.571. The molecule has 118 valence electrons. The fourth-order valence-electron chi connectivity index (χ4n) is 2.54. The topological polar surface area (TPSA) is 80.3 Å². The molecule has 1 aromatic rings. The highest BCUT2D eigenvalue weighted by molar-refractivity contribution is 7.96. The maximum atomic E-state index is 12.7. The summed E-state index contributed by atoms with van der Waals surface area (Å²) in [5, 5.41) is 2.23. The van der Waals surface area contributed by atoms with E-state index in [-0.39, 0.29) is 22.4 Å². The van der Waals surface area contributed by atoms with E-state index in [1.54, 1.807) is 18.2 Å². The number of benzene rings is 1. The third-order valence-corrected chi connectivity index (χ3v) is 8.05. The predicted molar refractivity (Wildman–Crippen MR) is 82.7 cm³/mol. The molecule has 1 aromatic carbocycles. The molecular weight excluding hydrogens is 310 g/mol. The Balaban J connectivity index is 2.35. The molecule has 1 unspecified atom stereocenters. The van der Waals surface area contributed by atoms with Crippen LogP contribution in [0.15, 0.2) is 35.2 Å². The monoisotopic (exact) mass is 331 g/mol. The van der Waals surface area contributed by atoms with Gasteiger partial charge < -0.3 is 5.32 Å². The quantitative estimate of drug-likeness (QED) is 0.871. The Labute approximate surface area is 126 Å². The summed E-state index contributed by atoms with van der Waals surface area (Å²) in [6.07, 6.45) is 0.814. The summed E-state index contributed by atoms with van der Waals surface area (Å²) < 4.78 is 49.2. The maximum absolute atomic E-state index is 12.7. The lowest BCUT2D eigenvalue weighted by atomic mass is 10.2. The number of nitrogens with one attached hydrogen (secondary N) is 1. The first-order chi connectivity index (χ1) is 9.76. The van der Waals surface area contributed by atoms with Gasteiger partial charge in [-0.1, -0.05) is 25.1 Å². The zero-order chi connectivity index (χ0) is 15.7. The lowest BCUT2D eigenvalue weighted by Gasteiger charge is -2.23. The van der Waals surface area contributed by atoms with Gasteiger partial charge in [-0.25, -0.2) is 16.8 Å². The zero-order valence-corrected chi connectivity index (χ0v) is 13.8. The van der Waals surface area contributed by atoms with Crippen LogP contribution in [0.25, 0.3) is 0 Å². The summed E-state index contributed by atoms with van der Waals surface area (Å²) in [6, 6.07) is 7.59. The first-order valence-corrected chi connectivity index (χ1v) is 10.4. The van der Waals surface area contributed by atoms with Crippen LogP contribution in [0.2, 0.25) is 0 Å². The van der Waals surface area contributed by atoms with E-state index in [0.29, 0.717) is 0 Å². The van der Waals surface area contributed by atoms with Gasteiger partial charge in [-0.05, 0) is 25.5 Å². The largest absolute Gasteiger partial charge is 0.309 e. The molecule has 2 rings (SSSR count). The van der Waals surface area contributed by atoms with E-state index in [1.807, 2.05) is 13.8 Å². The number of hydrogen-bond acceptors (Lipinski definition) is 5. The Morgan fingerprint density at radius 3 is 2.43 bits per heavy atom. The first-order valence-electron chi connectivity index (χ1n) is 7.01. The van der Waals surface area contributed by atoms with E-state index < -0.39 is 31.0 Å². The van der Waals surface area contributed by atoms with Crippen LogP contribution < -0.4 is 5.32 Å². The second-order valence-electron chi connectivity index (χ2n) is 5.56. The van der Waals surface area contributed by atoms with Crippen molar-refractivity contribution in [1.29, 1.82) is 0 Å². The van der Waals surface area contributed by atoms with Crippen molar-refractivity contribution in [3.63, 3.8) is 0 Å². The molecular formula is C14H21NO4S2. The maximum Gasteiger partial charge on any atom is 0.183 e. The second-order valence-corrected chi connectivity index (χ2v) is 9.88. The molecule has 1 fully saturated rings. The summed E-state index contributed by atoms with van der Waals surface area (Å²) in [4.78, 5) is 0.183. The van der Waals surface area contributed by atoms with Crippen molar-refractivity contribution in [1.82, 2.24) is 5.32 Å². The van der Waals surface area contributed by atoms with E-state index in [0.717, 1.165) is 6.42 Å². The highest BCUT2D eigenvalue weighted by Gasteiger charge is 2.45. The molecule has 1 saturated heterocycles. The highest BCUT2D eigenvalue weighted by atomic mass is 32.2. The molecule has 0 spiro atoms. The van der Waals surface area contributed by atoms with E-state index >= 15 is 0 Å². The summed E-state index contributed by atoms with van der Waals surface area (Å²) in [5.41, 5.74) is 0. The molecule has 3 atom stereocenters. The van der Waals surface area contributed by atoms with E-state index in [4.69, 9.17) is 0 Å². The smallest absolute Gasteiger partial charge is 0.183 e. The van der Waals surface area contributed by atoms with Gasteiger partial charge in [0.15, 0.2) is 19.7 Å². The van der Waals surface area contributed by atoms with Gasteiger partial charge in [-0.15, -0.1) is 0 Å². The lowest BCUT2D eigenvalue weighted by Crippen LogP contribution is -2.46. The summed E-state index contributed by atoms with van der Waals surface area (Å²) in [6.45, 7) is 3.90. The van der Waals surface area contributed by atoms with Crippen LogP contribution in [0.3, 0.4) is 0 Å². The van der Waals surface area contributed by atoms with Gasteiger partial charge in [0.1, 0.15) is 0 Å². The molecule has 7 heteroatoms. The molecule has 1 N–H and O–H groups in total. The third kappa shape index (κ3) is 3.64. The highest BCUT2D eigenvalue weighted by Crippen LogP contribution is 2.26. The van der Waals surface area contributed by atoms with Crippen molar-refractivity contribution in [2.45, 2.75) is 42.5 Å². The average Bonchev–Trinajstić information content (AvgIpc) is 2.75. The number of rotatable bonds is 5. The van der Waals surface area contributed by atoms with Crippen LogP contribution in [-0.2, 0) is 19.7 Å². The van der Waals surface area contributed by atoms with Crippen molar-refractivity contribution in [3.8, 4) is 0 Å². The molecule has 0 aliphatic carbocycles. The molecule has 5 nitrogen and oxygen atoms in total. The Hall–Kier alpha value is -0.920. The Bertz CT molecular complexity index is 683. The van der Waals surface area contributed by atoms with Crippen LogP contribution in [0, 0.1) is 0 Å². The van der Waals surface area contributed by atoms with E-state index in [9.17, 15) is 16.8 Å². The normalized spacial score (nSPS) is 26.6. The fourth-order valence-corrected chi connectivity index (χ4v) is 7.24. The van der Waals surface area contributed by atoms with Crippen molar-refractivity contribution in [2.75, 3.05) is 11.5 Å². The van der Waals surface area contributed by atoms with E-state index in [2.05, 4.69) is 5.32 Å². The van der Waals surface area contributed by atoms with Crippen molar-refractivity contribution in [3.05, 3.63) is 30.3 Å². The second kappa shape index (κ2) is 6.06. The summed E-state index contributed by atoms with van der Waals surface area (Å²) >= 11 is 0. The van der Waals surface area contributed by atoms with Crippen LogP contribution in [0.5, 0.6) is 0 Å². The number of hydrogen-bond donors (Lipinski definition) is 1. The lowest BCUT2D eigenvalue weighted by molar-refractivity contribution is 0.456. The van der Waals surface area contributed by atoms with Gasteiger partial charge in [0, 0.05) is 12.1 Å². The van der Waals surface area contributed by atoms with E-state index in [1.165, 1.54) is 12.1 Å².